The molecular weight excluding hydrogens is 911 g/mol. The predicted molar refractivity (Wildman–Crippen MR) is 324 cm³/mol. The molecule has 75 heavy (non-hydrogen) atoms. The lowest BCUT2D eigenvalue weighted by Gasteiger charge is -2.28. The summed E-state index contributed by atoms with van der Waals surface area (Å²) in [5.74, 6) is 0. The number of nitrogens with two attached hydrogens (primary N) is 1. The van der Waals surface area contributed by atoms with Crippen LogP contribution in [0.5, 0.6) is 0 Å². The van der Waals surface area contributed by atoms with Crippen molar-refractivity contribution in [3.05, 3.63) is 297 Å². The summed E-state index contributed by atoms with van der Waals surface area (Å²) in [6, 6.07) is 81.0. The van der Waals surface area contributed by atoms with Crippen LogP contribution in [0.3, 0.4) is 0 Å². The minimum absolute atomic E-state index is 1.03. The van der Waals surface area contributed by atoms with E-state index in [0.717, 1.165) is 63.8 Å². The first-order valence-corrected chi connectivity index (χ1v) is 25.7. The summed E-state index contributed by atoms with van der Waals surface area (Å²) in [6.07, 6.45) is 22.1. The van der Waals surface area contributed by atoms with Crippen LogP contribution in [0.4, 0.5) is 28.4 Å². The van der Waals surface area contributed by atoms with Gasteiger partial charge in [-0.25, -0.2) is 0 Å². The highest BCUT2D eigenvalue weighted by Gasteiger charge is 2.18. The third-order valence-corrected chi connectivity index (χ3v) is 13.5. The van der Waals surface area contributed by atoms with Crippen LogP contribution in [0.2, 0.25) is 0 Å². The van der Waals surface area contributed by atoms with Gasteiger partial charge in [0.15, 0.2) is 0 Å². The van der Waals surface area contributed by atoms with Crippen molar-refractivity contribution in [3.63, 3.8) is 0 Å². The molecule has 0 bridgehead atoms. The van der Waals surface area contributed by atoms with E-state index in [-0.39, 0.29) is 0 Å². The molecule has 2 aromatic heterocycles. The molecule has 2 heterocycles. The molecule has 0 saturated heterocycles. The van der Waals surface area contributed by atoms with Crippen molar-refractivity contribution in [2.45, 2.75) is 26.7 Å². The smallest absolute Gasteiger partial charge is 0.0541 e. The molecule has 0 unspecified atom stereocenters. The Morgan fingerprint density at radius 3 is 1.12 bits per heavy atom. The maximum atomic E-state index is 4.89. The van der Waals surface area contributed by atoms with Crippen LogP contribution in [0, 0.1) is 0 Å². The normalized spacial score (nSPS) is 12.3. The highest BCUT2D eigenvalue weighted by atomic mass is 15.2. The monoisotopic (exact) mass is 971 g/mol. The molecule has 1 aliphatic carbocycles. The fourth-order valence-electron chi connectivity index (χ4n) is 9.88. The van der Waals surface area contributed by atoms with E-state index in [2.05, 4.69) is 280 Å². The van der Waals surface area contributed by atoms with Crippen molar-refractivity contribution in [3.8, 4) is 11.4 Å². The second kappa shape index (κ2) is 23.3. The van der Waals surface area contributed by atoms with Gasteiger partial charge in [-0.15, -0.1) is 0 Å². The first-order chi connectivity index (χ1) is 37.1. The van der Waals surface area contributed by atoms with Crippen molar-refractivity contribution in [2.75, 3.05) is 9.80 Å². The fourth-order valence-corrected chi connectivity index (χ4v) is 9.88. The molecule has 2 N–H and O–H groups in total. The fraction of sp³-hybridized carbons (Fsp3) is 0.0571. The average molecular weight is 972 g/mol. The topological polar surface area (TPSA) is 42.4 Å². The molecule has 0 fully saturated rings. The highest BCUT2D eigenvalue weighted by molar-refractivity contribution is 6.10. The number of hydrogen-bond donors (Lipinski definition) is 1. The summed E-state index contributed by atoms with van der Waals surface area (Å²) >= 11 is 0. The number of hydrogen-bond acceptors (Lipinski definition) is 3. The van der Waals surface area contributed by atoms with Gasteiger partial charge < -0.3 is 24.7 Å². The minimum atomic E-state index is 1.03. The van der Waals surface area contributed by atoms with Gasteiger partial charge in [0, 0.05) is 67.1 Å². The number of aromatic nitrogens is 2. The van der Waals surface area contributed by atoms with E-state index in [1.54, 1.807) is 12.2 Å². The van der Waals surface area contributed by atoms with Crippen molar-refractivity contribution in [1.29, 1.82) is 0 Å². The Balaban J connectivity index is 0.000000661. The molecule has 1 aliphatic rings. The minimum Gasteiger partial charge on any atom is -0.405 e. The SMILES string of the molecule is C/C=C\C.C1=CC(N(c2ccc(/C=C/c3ccc(N(c4ccccc4)c4ccc(-n5c6ccccc6c6ccccc65)cc4)cc3)cc2)c2ccc(-n3c4ccccc4c4ccccc43)cc2)=CCC1.C=C/C=C\N. The summed E-state index contributed by atoms with van der Waals surface area (Å²) < 4.78 is 4.74. The molecule has 12 rings (SSSR count). The lowest BCUT2D eigenvalue weighted by atomic mass is 10.1. The van der Waals surface area contributed by atoms with Crippen molar-refractivity contribution in [1.82, 2.24) is 9.13 Å². The Bertz CT molecular complexity index is 3740. The number of rotatable bonds is 11. The molecule has 0 atom stereocenters. The molecule has 0 radical (unpaired) electrons. The first-order valence-electron chi connectivity index (χ1n) is 25.7. The average Bonchev–Trinajstić information content (AvgIpc) is 4.00. The van der Waals surface area contributed by atoms with Gasteiger partial charge in [-0.2, -0.15) is 0 Å². The largest absolute Gasteiger partial charge is 0.405 e. The van der Waals surface area contributed by atoms with E-state index in [1.807, 2.05) is 26.0 Å². The zero-order chi connectivity index (χ0) is 51.3. The van der Waals surface area contributed by atoms with E-state index >= 15 is 0 Å². The highest BCUT2D eigenvalue weighted by Crippen LogP contribution is 2.39. The third-order valence-electron chi connectivity index (χ3n) is 13.5. The predicted octanol–water partition coefficient (Wildman–Crippen LogP) is 19.1. The summed E-state index contributed by atoms with van der Waals surface area (Å²) in [5.41, 5.74) is 21.1. The third kappa shape index (κ3) is 10.5. The van der Waals surface area contributed by atoms with Crippen LogP contribution in [0.15, 0.2) is 285 Å². The zero-order valence-electron chi connectivity index (χ0n) is 42.6. The summed E-state index contributed by atoms with van der Waals surface area (Å²) in [7, 11) is 0. The zero-order valence-corrected chi connectivity index (χ0v) is 42.6. The molecule has 11 aromatic rings. The lowest BCUT2D eigenvalue weighted by molar-refractivity contribution is 0.997. The molecule has 9 aromatic carbocycles. The maximum absolute atomic E-state index is 4.89. The van der Waals surface area contributed by atoms with Crippen LogP contribution >= 0.6 is 0 Å². The Morgan fingerprint density at radius 1 is 0.413 bits per heavy atom. The van der Waals surface area contributed by atoms with Crippen molar-refractivity contribution < 1.29 is 0 Å². The Hall–Kier alpha value is -9.58. The standard InChI is InChI=1S/C62H46N4.C4H7N.C4H8/c1-3-15-47(16-4-1)63(51-37-41-53(42-38-51)65-59-23-11-7-19-55(59)56-20-8-12-24-60(56)65)49-33-29-45(30-34-49)27-28-46-31-35-50(36-32-46)64(48-17-5-2-6-18-48)52-39-43-54(44-40-52)66-61-25-13-9-21-57(61)58-22-10-14-26-62(58)66;1-2-3-4-5;1-3-4-2/h1,3-5,7-44H,2,6H2;2-4H,1,5H2;3-4H,1-2H3/b28-27+;2*4-3-. The second-order valence-electron chi connectivity index (χ2n) is 18.2. The summed E-state index contributed by atoms with van der Waals surface area (Å²) in [5, 5.41) is 5.07. The number of nitrogens with zero attached hydrogens (tertiary/aromatic N) is 4. The van der Waals surface area contributed by atoms with Crippen molar-refractivity contribution >= 4 is 84.2 Å². The van der Waals surface area contributed by atoms with Gasteiger partial charge >= 0.3 is 0 Å². The van der Waals surface area contributed by atoms with E-state index in [4.69, 9.17) is 5.73 Å². The first kappa shape index (κ1) is 49.0. The van der Waals surface area contributed by atoms with Gasteiger partial charge in [0.05, 0.1) is 22.1 Å². The molecule has 0 amide bonds. The maximum Gasteiger partial charge on any atom is 0.0541 e. The van der Waals surface area contributed by atoms with Gasteiger partial charge in [-0.05, 0) is 165 Å². The molecule has 5 nitrogen and oxygen atoms in total. The van der Waals surface area contributed by atoms with E-state index in [1.165, 1.54) is 55.5 Å². The van der Waals surface area contributed by atoms with Gasteiger partial charge in [-0.3, -0.25) is 0 Å². The Labute approximate surface area is 441 Å². The molecule has 0 spiro atoms. The number of allylic oxidation sites excluding steroid dienone is 7. The van der Waals surface area contributed by atoms with Crippen LogP contribution in [-0.4, -0.2) is 9.13 Å². The van der Waals surface area contributed by atoms with Gasteiger partial charge in [-0.1, -0.05) is 164 Å². The molecule has 0 saturated carbocycles. The van der Waals surface area contributed by atoms with E-state index in [9.17, 15) is 0 Å². The molecular formula is C70H61N5. The number of benzene rings is 9. The van der Waals surface area contributed by atoms with Gasteiger partial charge in [0.1, 0.15) is 0 Å². The number of fused-ring (bicyclic) bond motifs is 6. The van der Waals surface area contributed by atoms with Crippen LogP contribution < -0.4 is 15.5 Å². The second-order valence-corrected chi connectivity index (χ2v) is 18.2. The van der Waals surface area contributed by atoms with Gasteiger partial charge in [0.2, 0.25) is 0 Å². The molecule has 0 aliphatic heterocycles. The van der Waals surface area contributed by atoms with Crippen LogP contribution in [0.25, 0.3) is 67.1 Å². The summed E-state index contributed by atoms with van der Waals surface area (Å²) in [4.78, 5) is 4.69. The Morgan fingerprint density at radius 2 is 0.773 bits per heavy atom. The van der Waals surface area contributed by atoms with E-state index in [0.29, 0.717) is 0 Å². The summed E-state index contributed by atoms with van der Waals surface area (Å²) in [6.45, 7) is 7.38. The quantitative estimate of drug-likeness (QED) is 0.0798. The van der Waals surface area contributed by atoms with Crippen LogP contribution in [-0.2, 0) is 0 Å². The van der Waals surface area contributed by atoms with Crippen LogP contribution in [0.1, 0.15) is 37.8 Å². The lowest BCUT2D eigenvalue weighted by Crippen LogP contribution is -2.16. The van der Waals surface area contributed by atoms with E-state index < -0.39 is 0 Å². The number of anilines is 5. The van der Waals surface area contributed by atoms with Gasteiger partial charge in [0.25, 0.3) is 0 Å². The molecule has 5 heteroatoms. The molecule has 366 valence electrons. The Kier molecular flexibility index (Phi) is 15.2. The number of para-hydroxylation sites is 5. The van der Waals surface area contributed by atoms with Crippen molar-refractivity contribution in [2.24, 2.45) is 5.73 Å².